The molecule has 0 aliphatic heterocycles. The Labute approximate surface area is 114 Å². The van der Waals surface area contributed by atoms with Gasteiger partial charge in [0.05, 0.1) is 11.7 Å². The summed E-state index contributed by atoms with van der Waals surface area (Å²) < 4.78 is 37.7. The van der Waals surface area contributed by atoms with Crippen LogP contribution in [0.1, 0.15) is 40.7 Å². The van der Waals surface area contributed by atoms with Gasteiger partial charge >= 0.3 is 6.18 Å². The summed E-state index contributed by atoms with van der Waals surface area (Å²) in [7, 11) is 0. The van der Waals surface area contributed by atoms with Gasteiger partial charge in [-0.15, -0.1) is 0 Å². The summed E-state index contributed by atoms with van der Waals surface area (Å²) in [6.07, 6.45) is -4.34. The molecule has 0 amide bonds. The Morgan fingerprint density at radius 2 is 1.50 bits per heavy atom. The molecule has 0 radical (unpaired) electrons. The van der Waals surface area contributed by atoms with Gasteiger partial charge in [0.25, 0.3) is 0 Å². The molecule has 20 heavy (non-hydrogen) atoms. The predicted molar refractivity (Wildman–Crippen MR) is 69.3 cm³/mol. The van der Waals surface area contributed by atoms with Gasteiger partial charge in [-0.2, -0.15) is 13.2 Å². The molecule has 104 valence electrons. The second kappa shape index (κ2) is 4.63. The van der Waals surface area contributed by atoms with E-state index in [2.05, 4.69) is 0 Å². The topological polar surface area (TPSA) is 20.2 Å². The first-order chi connectivity index (χ1) is 9.47. The molecule has 2 atom stereocenters. The van der Waals surface area contributed by atoms with Crippen LogP contribution in [0.5, 0.6) is 0 Å². The van der Waals surface area contributed by atoms with Crippen molar-refractivity contribution in [1.29, 1.82) is 0 Å². The lowest BCUT2D eigenvalue weighted by molar-refractivity contribution is -0.137. The minimum absolute atomic E-state index is 0.0384. The quantitative estimate of drug-likeness (QED) is 0.825. The minimum Gasteiger partial charge on any atom is -0.388 e. The van der Waals surface area contributed by atoms with Gasteiger partial charge in [-0.25, -0.2) is 0 Å². The van der Waals surface area contributed by atoms with E-state index in [1.165, 1.54) is 12.1 Å². The van der Waals surface area contributed by atoms with Crippen molar-refractivity contribution in [2.75, 3.05) is 0 Å². The van der Waals surface area contributed by atoms with E-state index in [1.807, 2.05) is 24.3 Å². The smallest absolute Gasteiger partial charge is 0.388 e. The van der Waals surface area contributed by atoms with Gasteiger partial charge in [0.1, 0.15) is 0 Å². The lowest BCUT2D eigenvalue weighted by Gasteiger charge is -2.13. The first-order valence-corrected chi connectivity index (χ1v) is 6.41. The molecule has 1 aliphatic rings. The van der Waals surface area contributed by atoms with Gasteiger partial charge in [-0.1, -0.05) is 36.4 Å². The van der Waals surface area contributed by atoms with Gasteiger partial charge < -0.3 is 5.11 Å². The van der Waals surface area contributed by atoms with Gasteiger partial charge in [0.2, 0.25) is 0 Å². The molecule has 1 aliphatic carbocycles. The molecule has 4 heteroatoms. The van der Waals surface area contributed by atoms with Crippen molar-refractivity contribution >= 4 is 0 Å². The van der Waals surface area contributed by atoms with Crippen LogP contribution in [0, 0.1) is 0 Å². The molecule has 0 aromatic heterocycles. The van der Waals surface area contributed by atoms with E-state index < -0.39 is 17.8 Å². The highest BCUT2D eigenvalue weighted by atomic mass is 19.4. The Hall–Kier alpha value is -1.81. The Bertz CT molecular complexity index is 616. The highest BCUT2D eigenvalue weighted by molar-refractivity contribution is 5.44. The van der Waals surface area contributed by atoms with Crippen LogP contribution in [0.4, 0.5) is 13.2 Å². The van der Waals surface area contributed by atoms with Gasteiger partial charge in [-0.05, 0) is 35.2 Å². The zero-order valence-electron chi connectivity index (χ0n) is 10.6. The number of aliphatic hydroxyl groups is 1. The van der Waals surface area contributed by atoms with E-state index in [4.69, 9.17) is 0 Å². The Kier molecular flexibility index (Phi) is 3.05. The van der Waals surface area contributed by atoms with Crippen molar-refractivity contribution in [2.45, 2.75) is 24.6 Å². The van der Waals surface area contributed by atoms with E-state index in [1.54, 1.807) is 0 Å². The predicted octanol–water partition coefficient (Wildman–Crippen LogP) is 4.27. The standard InChI is InChI=1S/C16H13F3O/c17-16(18,19)11-7-5-10(6-8-11)14-9-15(20)13-4-2-1-3-12(13)14/h1-8,14-15,20H,9H2/t14-,15-/m1/s1. The fourth-order valence-corrected chi connectivity index (χ4v) is 2.83. The molecule has 0 heterocycles. The number of benzene rings is 2. The number of fused-ring (bicyclic) bond motifs is 1. The number of alkyl halides is 3. The highest BCUT2D eigenvalue weighted by Gasteiger charge is 2.32. The van der Waals surface area contributed by atoms with Crippen molar-refractivity contribution in [1.82, 2.24) is 0 Å². The summed E-state index contributed by atoms with van der Waals surface area (Å²) in [6, 6.07) is 12.7. The van der Waals surface area contributed by atoms with Gasteiger partial charge in [0.15, 0.2) is 0 Å². The molecule has 2 aromatic rings. The SMILES string of the molecule is O[C@@H]1C[C@H](c2ccc(C(F)(F)F)cc2)c2ccccc21. The van der Waals surface area contributed by atoms with Crippen LogP contribution >= 0.6 is 0 Å². The second-order valence-corrected chi connectivity index (χ2v) is 5.05. The van der Waals surface area contributed by atoms with Crippen molar-refractivity contribution < 1.29 is 18.3 Å². The van der Waals surface area contributed by atoms with Crippen molar-refractivity contribution in [2.24, 2.45) is 0 Å². The summed E-state index contributed by atoms with van der Waals surface area (Å²) in [4.78, 5) is 0. The van der Waals surface area contributed by atoms with E-state index in [-0.39, 0.29) is 5.92 Å². The molecule has 1 N–H and O–H groups in total. The van der Waals surface area contributed by atoms with Crippen molar-refractivity contribution in [3.8, 4) is 0 Å². The van der Waals surface area contributed by atoms with Gasteiger partial charge in [0, 0.05) is 5.92 Å². The Morgan fingerprint density at radius 3 is 2.10 bits per heavy atom. The maximum absolute atomic E-state index is 12.6. The maximum atomic E-state index is 12.6. The third kappa shape index (κ3) is 2.20. The lowest BCUT2D eigenvalue weighted by atomic mass is 9.92. The summed E-state index contributed by atoms with van der Waals surface area (Å²) in [6.45, 7) is 0. The first kappa shape index (κ1) is 13.2. The van der Waals surface area contributed by atoms with Crippen molar-refractivity contribution in [3.05, 3.63) is 70.8 Å². The van der Waals surface area contributed by atoms with Crippen LogP contribution in [0.2, 0.25) is 0 Å². The average molecular weight is 278 g/mol. The van der Waals surface area contributed by atoms with E-state index in [0.29, 0.717) is 6.42 Å². The minimum atomic E-state index is -4.31. The number of aliphatic hydroxyl groups excluding tert-OH is 1. The molecule has 0 bridgehead atoms. The fraction of sp³-hybridized carbons (Fsp3) is 0.250. The van der Waals surface area contributed by atoms with Crippen LogP contribution in [0.15, 0.2) is 48.5 Å². The molecular weight excluding hydrogens is 265 g/mol. The summed E-state index contributed by atoms with van der Waals surface area (Å²) in [5.41, 5.74) is 2.03. The Balaban J connectivity index is 1.95. The molecule has 3 rings (SSSR count). The Morgan fingerprint density at radius 1 is 0.900 bits per heavy atom. The summed E-state index contributed by atoms with van der Waals surface area (Å²) >= 11 is 0. The van der Waals surface area contributed by atoms with Crippen LogP contribution in [-0.2, 0) is 6.18 Å². The lowest BCUT2D eigenvalue weighted by Crippen LogP contribution is -2.05. The van der Waals surface area contributed by atoms with Crippen LogP contribution in [0.3, 0.4) is 0 Å². The highest BCUT2D eigenvalue weighted by Crippen LogP contribution is 2.44. The molecule has 0 saturated heterocycles. The third-order valence-electron chi connectivity index (χ3n) is 3.83. The molecule has 2 aromatic carbocycles. The fourth-order valence-electron chi connectivity index (χ4n) is 2.83. The number of hydrogen-bond donors (Lipinski definition) is 1. The van der Waals surface area contributed by atoms with E-state index in [0.717, 1.165) is 28.8 Å². The molecular formula is C16H13F3O. The molecule has 1 nitrogen and oxygen atoms in total. The number of rotatable bonds is 1. The average Bonchev–Trinajstić information content (AvgIpc) is 2.76. The van der Waals surface area contributed by atoms with Crippen LogP contribution in [-0.4, -0.2) is 5.11 Å². The normalized spacial score (nSPS) is 21.8. The summed E-state index contributed by atoms with van der Waals surface area (Å²) in [5, 5.41) is 10.0. The third-order valence-corrected chi connectivity index (χ3v) is 3.83. The molecule has 0 spiro atoms. The zero-order valence-corrected chi connectivity index (χ0v) is 10.6. The van der Waals surface area contributed by atoms with Gasteiger partial charge in [-0.3, -0.25) is 0 Å². The second-order valence-electron chi connectivity index (χ2n) is 5.05. The largest absolute Gasteiger partial charge is 0.416 e. The molecule has 0 saturated carbocycles. The maximum Gasteiger partial charge on any atom is 0.416 e. The first-order valence-electron chi connectivity index (χ1n) is 6.41. The molecule has 0 unspecified atom stereocenters. The zero-order chi connectivity index (χ0) is 14.3. The monoisotopic (exact) mass is 278 g/mol. The van der Waals surface area contributed by atoms with Crippen LogP contribution in [0.25, 0.3) is 0 Å². The van der Waals surface area contributed by atoms with E-state index >= 15 is 0 Å². The number of halogens is 3. The van der Waals surface area contributed by atoms with Crippen molar-refractivity contribution in [3.63, 3.8) is 0 Å². The number of hydrogen-bond acceptors (Lipinski definition) is 1. The molecule has 0 fully saturated rings. The summed E-state index contributed by atoms with van der Waals surface area (Å²) in [5.74, 6) is -0.0384. The van der Waals surface area contributed by atoms with E-state index in [9.17, 15) is 18.3 Å². The van der Waals surface area contributed by atoms with Crippen LogP contribution < -0.4 is 0 Å².